The Morgan fingerprint density at radius 1 is 0.870 bits per heavy atom. The van der Waals surface area contributed by atoms with Crippen LogP contribution in [0.5, 0.6) is 0 Å². The van der Waals surface area contributed by atoms with E-state index in [4.69, 9.17) is 4.74 Å². The molecule has 2 aromatic carbocycles. The zero-order chi connectivity index (χ0) is 39.4. The molecule has 1 fully saturated rings. The molecular weight excluding hydrogens is 737 g/mol. The maximum atomic E-state index is 15.9. The highest BCUT2D eigenvalue weighted by molar-refractivity contribution is 5.82. The van der Waals surface area contributed by atoms with E-state index in [0.29, 0.717) is 70.2 Å². The lowest BCUT2D eigenvalue weighted by molar-refractivity contribution is -0.140. The van der Waals surface area contributed by atoms with E-state index in [-0.39, 0.29) is 43.4 Å². The molecule has 0 saturated carbocycles. The van der Waals surface area contributed by atoms with E-state index in [9.17, 15) is 50.2 Å². The number of hydrogen-bond donors (Lipinski definition) is 2. The van der Waals surface area contributed by atoms with Crippen molar-refractivity contribution in [1.82, 2.24) is 14.8 Å². The average Bonchev–Trinajstić information content (AvgIpc) is 3.07. The fourth-order valence-electron chi connectivity index (χ4n) is 7.06. The molecule has 0 unspecified atom stereocenters. The molecule has 2 atom stereocenters. The Bertz CT molecular complexity index is 1910. The third kappa shape index (κ3) is 9.83. The fraction of sp³-hybridized carbons (Fsp3) is 0.486. The minimum atomic E-state index is -5.39. The molecule has 8 nitrogen and oxygen atoms in total. The molecule has 0 spiro atoms. The van der Waals surface area contributed by atoms with Crippen LogP contribution in [0.4, 0.5) is 39.5 Å². The minimum Gasteiger partial charge on any atom is -0.481 e. The zero-order valence-electron chi connectivity index (χ0n) is 28.9. The second-order valence-corrected chi connectivity index (χ2v) is 13.5. The van der Waals surface area contributed by atoms with Gasteiger partial charge in [-0.3, -0.25) is 19.3 Å². The maximum absolute atomic E-state index is 15.9. The van der Waals surface area contributed by atoms with Gasteiger partial charge in [-0.15, -0.1) is 0 Å². The van der Waals surface area contributed by atoms with E-state index in [1.807, 2.05) is 4.90 Å². The molecule has 3 aromatic rings. The molecule has 2 N–H and O–H groups in total. The minimum absolute atomic E-state index is 0.00439. The SMILES string of the molecule is O=C(O)C[C@@H]1NC(=O)[C@@H](n2cc(CCN3CCOCC3)c(C(F)(F)F)cc2=O)CCCCCCCc2cc(F)cc(F)c2-c2cc1c(F)c(C(F)(F)F)c2. The van der Waals surface area contributed by atoms with Crippen LogP contribution >= 0.6 is 0 Å². The summed E-state index contributed by atoms with van der Waals surface area (Å²) < 4.78 is 137. The van der Waals surface area contributed by atoms with Crippen molar-refractivity contribution < 1.29 is 58.9 Å². The van der Waals surface area contributed by atoms with Crippen LogP contribution in [-0.4, -0.2) is 59.3 Å². The first kappa shape index (κ1) is 40.8. The average molecular weight is 776 g/mol. The number of halogens is 9. The van der Waals surface area contributed by atoms with Gasteiger partial charge in [0, 0.05) is 49.1 Å². The molecule has 2 bridgehead atoms. The molecule has 5 rings (SSSR count). The van der Waals surface area contributed by atoms with Crippen LogP contribution in [0.25, 0.3) is 11.1 Å². The van der Waals surface area contributed by atoms with Gasteiger partial charge in [-0.05, 0) is 60.6 Å². The number of morpholine rings is 1. The number of carboxylic acids is 1. The standard InChI is InChI=1S/C37H38F9N3O5/c38-24-14-21-6-4-2-1-3-5-7-30(49-20-22(8-9-48-10-12-54-13-11-48)26(18-31(49)50)36(41,42)43)35(53)47-29(19-32(51)52)25-15-23(33(21)28(39)17-24)16-27(34(25)40)37(44,45)46/h14-18,20,29-30H,1-13,19H2,(H,47,53)(H,51,52)/t29-,30-/m0/s1. The van der Waals surface area contributed by atoms with Crippen LogP contribution in [0, 0.1) is 17.5 Å². The lowest BCUT2D eigenvalue weighted by atomic mass is 9.89. The summed E-state index contributed by atoms with van der Waals surface area (Å²) in [5.74, 6) is -7.06. The molecule has 1 amide bonds. The Balaban J connectivity index is 1.64. The molecule has 2 aliphatic rings. The lowest BCUT2D eigenvalue weighted by Gasteiger charge is -2.28. The monoisotopic (exact) mass is 775 g/mol. The Hall–Kier alpha value is -4.38. The number of alkyl halides is 6. The maximum Gasteiger partial charge on any atom is 0.419 e. The summed E-state index contributed by atoms with van der Waals surface area (Å²) in [6.07, 6.45) is -8.93. The Morgan fingerprint density at radius 3 is 2.20 bits per heavy atom. The zero-order valence-corrected chi connectivity index (χ0v) is 28.9. The number of ether oxygens (including phenoxy) is 1. The van der Waals surface area contributed by atoms with Crippen molar-refractivity contribution in [2.75, 3.05) is 32.8 Å². The van der Waals surface area contributed by atoms with Gasteiger partial charge in [0.1, 0.15) is 23.5 Å². The number of rotatable bonds is 6. The van der Waals surface area contributed by atoms with Crippen LogP contribution in [-0.2, 0) is 39.5 Å². The topological polar surface area (TPSA) is 101 Å². The van der Waals surface area contributed by atoms with Gasteiger partial charge >= 0.3 is 18.3 Å². The first-order valence-electron chi connectivity index (χ1n) is 17.5. The number of carbonyl (C=O) groups excluding carboxylic acids is 1. The van der Waals surface area contributed by atoms with Gasteiger partial charge in [0.2, 0.25) is 5.91 Å². The summed E-state index contributed by atoms with van der Waals surface area (Å²) >= 11 is 0. The predicted molar refractivity (Wildman–Crippen MR) is 177 cm³/mol. The van der Waals surface area contributed by atoms with Crippen molar-refractivity contribution in [1.29, 1.82) is 0 Å². The number of aromatic nitrogens is 1. The number of carbonyl (C=O) groups is 2. The normalized spacial score (nSPS) is 19.6. The van der Waals surface area contributed by atoms with Crippen LogP contribution in [0.1, 0.15) is 84.8 Å². The van der Waals surface area contributed by atoms with Crippen LogP contribution < -0.4 is 10.9 Å². The van der Waals surface area contributed by atoms with Gasteiger partial charge in [-0.25, -0.2) is 13.2 Å². The summed E-state index contributed by atoms with van der Waals surface area (Å²) in [6, 6.07) is -0.771. The number of aliphatic carboxylic acids is 1. The van der Waals surface area contributed by atoms with Crippen molar-refractivity contribution in [3.8, 4) is 11.1 Å². The summed E-state index contributed by atoms with van der Waals surface area (Å²) in [4.78, 5) is 41.3. The second-order valence-electron chi connectivity index (χ2n) is 13.5. The van der Waals surface area contributed by atoms with Gasteiger partial charge in [0.05, 0.1) is 36.8 Å². The second kappa shape index (κ2) is 17.0. The third-order valence-corrected chi connectivity index (χ3v) is 9.73. The molecule has 1 aromatic heterocycles. The van der Waals surface area contributed by atoms with Crippen molar-refractivity contribution in [3.63, 3.8) is 0 Å². The molecule has 0 aliphatic carbocycles. The summed E-state index contributed by atoms with van der Waals surface area (Å²) in [7, 11) is 0. The quantitative estimate of drug-likeness (QED) is 0.250. The van der Waals surface area contributed by atoms with Crippen molar-refractivity contribution in [3.05, 3.63) is 92.2 Å². The number of nitrogens with zero attached hydrogens (tertiary/aromatic N) is 2. The number of fused-ring (bicyclic) bond motifs is 4. The number of benzene rings is 2. The summed E-state index contributed by atoms with van der Waals surface area (Å²) in [5, 5.41) is 12.0. The van der Waals surface area contributed by atoms with Crippen LogP contribution in [0.2, 0.25) is 0 Å². The largest absolute Gasteiger partial charge is 0.481 e. The first-order chi connectivity index (χ1) is 25.4. The first-order valence-corrected chi connectivity index (χ1v) is 17.5. The molecule has 294 valence electrons. The van der Waals surface area contributed by atoms with Gasteiger partial charge in [0.25, 0.3) is 5.56 Å². The van der Waals surface area contributed by atoms with Gasteiger partial charge in [0.15, 0.2) is 0 Å². The number of hydrogen-bond acceptors (Lipinski definition) is 5. The van der Waals surface area contributed by atoms with Gasteiger partial charge < -0.3 is 19.7 Å². The smallest absolute Gasteiger partial charge is 0.419 e. The number of aryl methyl sites for hydroxylation is 1. The van der Waals surface area contributed by atoms with Crippen molar-refractivity contribution in [2.45, 2.75) is 82.2 Å². The highest BCUT2D eigenvalue weighted by atomic mass is 19.4. The number of carboxylic acid groups (broad SMARTS) is 1. The van der Waals surface area contributed by atoms with E-state index in [1.54, 1.807) is 0 Å². The van der Waals surface area contributed by atoms with Crippen LogP contribution in [0.15, 0.2) is 41.3 Å². The van der Waals surface area contributed by atoms with E-state index >= 15 is 8.78 Å². The molecule has 2 aliphatic heterocycles. The molecule has 17 heteroatoms. The molecule has 54 heavy (non-hydrogen) atoms. The Morgan fingerprint density at radius 2 is 1.54 bits per heavy atom. The number of nitrogens with one attached hydrogen (secondary N) is 1. The fourth-order valence-corrected chi connectivity index (χ4v) is 7.06. The third-order valence-electron chi connectivity index (χ3n) is 9.73. The van der Waals surface area contributed by atoms with E-state index in [0.717, 1.165) is 22.9 Å². The molecular formula is C37H38F9N3O5. The Labute approximate surface area is 303 Å². The van der Waals surface area contributed by atoms with Gasteiger partial charge in [-0.1, -0.05) is 25.7 Å². The van der Waals surface area contributed by atoms with E-state index < -0.39 is 93.6 Å². The lowest BCUT2D eigenvalue weighted by Crippen LogP contribution is -2.41. The van der Waals surface area contributed by atoms with E-state index in [1.165, 1.54) is 0 Å². The summed E-state index contributed by atoms with van der Waals surface area (Å²) in [5.41, 5.74) is -6.64. The highest BCUT2D eigenvalue weighted by Gasteiger charge is 2.39. The number of amides is 1. The predicted octanol–water partition coefficient (Wildman–Crippen LogP) is 7.61. The number of pyridine rings is 1. The highest BCUT2D eigenvalue weighted by Crippen LogP contribution is 2.41. The van der Waals surface area contributed by atoms with Crippen LogP contribution in [0.3, 0.4) is 0 Å². The molecule has 3 heterocycles. The van der Waals surface area contributed by atoms with Crippen molar-refractivity contribution >= 4 is 11.9 Å². The van der Waals surface area contributed by atoms with E-state index in [2.05, 4.69) is 5.32 Å². The van der Waals surface area contributed by atoms with Gasteiger partial charge in [-0.2, -0.15) is 26.3 Å². The van der Waals surface area contributed by atoms with Crippen molar-refractivity contribution in [2.24, 2.45) is 0 Å². The molecule has 1 saturated heterocycles. The molecule has 0 radical (unpaired) electrons. The summed E-state index contributed by atoms with van der Waals surface area (Å²) in [6.45, 7) is 1.83. The Kier molecular flexibility index (Phi) is 12.8.